The van der Waals surface area contributed by atoms with Crippen LogP contribution in [0.25, 0.3) is 0 Å². The lowest BCUT2D eigenvalue weighted by atomic mass is 10.0. The summed E-state index contributed by atoms with van der Waals surface area (Å²) in [6, 6.07) is 10.6. The number of rotatable bonds is 7. The molecule has 0 aliphatic carbocycles. The van der Waals surface area contributed by atoms with Gasteiger partial charge in [-0.2, -0.15) is 0 Å². The molecule has 1 heterocycles. The summed E-state index contributed by atoms with van der Waals surface area (Å²) in [4.78, 5) is 7.39. The Balaban J connectivity index is 1.95. The SMILES string of the molecule is CCCc1[nH]c(=S)nc(N)c1CCCCc1ccccc1. The Kier molecular flexibility index (Phi) is 5.93. The number of H-pyrrole nitrogens is 1. The fourth-order valence-corrected chi connectivity index (χ4v) is 2.80. The van der Waals surface area contributed by atoms with Gasteiger partial charge in [-0.1, -0.05) is 43.7 Å². The lowest BCUT2D eigenvalue weighted by Crippen LogP contribution is -2.06. The second kappa shape index (κ2) is 7.93. The van der Waals surface area contributed by atoms with Crippen molar-refractivity contribution in [2.75, 3.05) is 5.73 Å². The number of aromatic amines is 1. The van der Waals surface area contributed by atoms with E-state index in [1.165, 1.54) is 5.56 Å². The van der Waals surface area contributed by atoms with Crippen molar-refractivity contribution in [3.63, 3.8) is 0 Å². The summed E-state index contributed by atoms with van der Waals surface area (Å²) in [6.07, 6.45) is 6.40. The normalized spacial score (nSPS) is 10.7. The Labute approximate surface area is 131 Å². The van der Waals surface area contributed by atoms with Crippen LogP contribution in [0.5, 0.6) is 0 Å². The quantitative estimate of drug-likeness (QED) is 0.594. The smallest absolute Gasteiger partial charge is 0.198 e. The van der Waals surface area contributed by atoms with E-state index in [0.717, 1.165) is 49.8 Å². The molecular formula is C17H23N3S. The summed E-state index contributed by atoms with van der Waals surface area (Å²) in [5.41, 5.74) is 9.75. The molecule has 0 bridgehead atoms. The summed E-state index contributed by atoms with van der Waals surface area (Å²) < 4.78 is 0.490. The van der Waals surface area contributed by atoms with Crippen LogP contribution in [-0.4, -0.2) is 9.97 Å². The van der Waals surface area contributed by atoms with Crippen LogP contribution >= 0.6 is 12.2 Å². The summed E-state index contributed by atoms with van der Waals surface area (Å²) >= 11 is 5.11. The van der Waals surface area contributed by atoms with E-state index in [0.29, 0.717) is 10.6 Å². The first kappa shape index (κ1) is 15.7. The van der Waals surface area contributed by atoms with Gasteiger partial charge in [0.2, 0.25) is 0 Å². The van der Waals surface area contributed by atoms with E-state index in [9.17, 15) is 0 Å². The Morgan fingerprint density at radius 2 is 1.81 bits per heavy atom. The molecule has 2 rings (SSSR count). The van der Waals surface area contributed by atoms with E-state index in [1.807, 2.05) is 0 Å². The van der Waals surface area contributed by atoms with Crippen molar-refractivity contribution in [3.8, 4) is 0 Å². The maximum absolute atomic E-state index is 6.05. The zero-order valence-corrected chi connectivity index (χ0v) is 13.4. The highest BCUT2D eigenvalue weighted by atomic mass is 32.1. The van der Waals surface area contributed by atoms with Gasteiger partial charge in [-0.15, -0.1) is 0 Å². The molecule has 0 radical (unpaired) electrons. The third kappa shape index (κ3) is 4.67. The van der Waals surface area contributed by atoms with E-state index in [2.05, 4.69) is 47.2 Å². The molecule has 1 aromatic carbocycles. The van der Waals surface area contributed by atoms with E-state index >= 15 is 0 Å². The molecular weight excluding hydrogens is 278 g/mol. The monoisotopic (exact) mass is 301 g/mol. The van der Waals surface area contributed by atoms with Crippen molar-refractivity contribution in [1.82, 2.24) is 9.97 Å². The van der Waals surface area contributed by atoms with Crippen molar-refractivity contribution >= 4 is 18.0 Å². The van der Waals surface area contributed by atoms with Crippen LogP contribution in [0, 0.1) is 4.77 Å². The summed E-state index contributed by atoms with van der Waals surface area (Å²) in [5, 5.41) is 0. The van der Waals surface area contributed by atoms with Gasteiger partial charge < -0.3 is 10.7 Å². The van der Waals surface area contributed by atoms with Gasteiger partial charge >= 0.3 is 0 Å². The average molecular weight is 301 g/mol. The molecule has 0 amide bonds. The molecule has 0 fully saturated rings. The molecule has 0 unspecified atom stereocenters. The fraction of sp³-hybridized carbons (Fsp3) is 0.412. The largest absolute Gasteiger partial charge is 0.383 e. The van der Waals surface area contributed by atoms with Crippen LogP contribution in [0.1, 0.15) is 43.0 Å². The molecule has 0 atom stereocenters. The first-order chi connectivity index (χ1) is 10.2. The first-order valence-electron chi connectivity index (χ1n) is 7.62. The molecule has 3 N–H and O–H groups in total. The second-order valence-corrected chi connectivity index (χ2v) is 5.71. The Morgan fingerprint density at radius 1 is 1.10 bits per heavy atom. The number of nitrogen functional groups attached to an aromatic ring is 1. The number of nitrogens with two attached hydrogens (primary N) is 1. The lowest BCUT2D eigenvalue weighted by molar-refractivity contribution is 0.719. The van der Waals surface area contributed by atoms with Crippen LogP contribution in [0.4, 0.5) is 5.82 Å². The summed E-state index contributed by atoms with van der Waals surface area (Å²) in [6.45, 7) is 2.16. The number of aromatic nitrogens is 2. The minimum atomic E-state index is 0.490. The van der Waals surface area contributed by atoms with Crippen molar-refractivity contribution in [2.45, 2.75) is 45.4 Å². The standard InChI is InChI=1S/C17H23N3S/c1-2-8-15-14(16(18)20-17(21)19-15)12-7-6-11-13-9-4-3-5-10-13/h3-5,9-10H,2,6-8,11-12H2,1H3,(H3,18,19,20,21). The first-order valence-corrected chi connectivity index (χ1v) is 8.03. The predicted molar refractivity (Wildman–Crippen MR) is 90.9 cm³/mol. The third-order valence-electron chi connectivity index (χ3n) is 3.64. The third-order valence-corrected chi connectivity index (χ3v) is 3.83. The fourth-order valence-electron chi connectivity index (χ4n) is 2.58. The maximum atomic E-state index is 6.05. The molecule has 0 aliphatic heterocycles. The minimum Gasteiger partial charge on any atom is -0.383 e. The molecule has 3 nitrogen and oxygen atoms in total. The molecule has 0 spiro atoms. The molecule has 0 saturated heterocycles. The number of nitrogens with zero attached hydrogens (tertiary/aromatic N) is 1. The topological polar surface area (TPSA) is 54.7 Å². The predicted octanol–water partition coefficient (Wildman–Crippen LogP) is 4.24. The number of nitrogens with one attached hydrogen (secondary N) is 1. The van der Waals surface area contributed by atoms with Crippen molar-refractivity contribution in [1.29, 1.82) is 0 Å². The van der Waals surface area contributed by atoms with Gasteiger partial charge in [0.1, 0.15) is 5.82 Å². The lowest BCUT2D eigenvalue weighted by Gasteiger charge is -2.11. The van der Waals surface area contributed by atoms with Crippen LogP contribution in [0.3, 0.4) is 0 Å². The molecule has 4 heteroatoms. The van der Waals surface area contributed by atoms with Crippen LogP contribution in [0.15, 0.2) is 30.3 Å². The highest BCUT2D eigenvalue weighted by Gasteiger charge is 2.08. The minimum absolute atomic E-state index is 0.490. The number of aryl methyl sites for hydroxylation is 2. The van der Waals surface area contributed by atoms with Gasteiger partial charge in [-0.25, -0.2) is 4.98 Å². The zero-order valence-electron chi connectivity index (χ0n) is 12.6. The number of hydrogen-bond donors (Lipinski definition) is 2. The van der Waals surface area contributed by atoms with Crippen molar-refractivity contribution < 1.29 is 0 Å². The zero-order chi connectivity index (χ0) is 15.1. The van der Waals surface area contributed by atoms with Crippen molar-refractivity contribution in [2.24, 2.45) is 0 Å². The summed E-state index contributed by atoms with van der Waals surface area (Å²) in [7, 11) is 0. The van der Waals surface area contributed by atoms with E-state index in [4.69, 9.17) is 18.0 Å². The van der Waals surface area contributed by atoms with Gasteiger partial charge in [0.25, 0.3) is 0 Å². The van der Waals surface area contributed by atoms with E-state index in [1.54, 1.807) is 0 Å². The maximum Gasteiger partial charge on any atom is 0.198 e. The Bertz CT molecular complexity index is 620. The number of hydrogen-bond acceptors (Lipinski definition) is 3. The number of anilines is 1. The Hall–Kier alpha value is -1.68. The number of unbranched alkanes of at least 4 members (excludes halogenated alkanes) is 1. The van der Waals surface area contributed by atoms with E-state index in [-0.39, 0.29) is 0 Å². The van der Waals surface area contributed by atoms with E-state index < -0.39 is 0 Å². The summed E-state index contributed by atoms with van der Waals surface area (Å²) in [5.74, 6) is 0.599. The van der Waals surface area contributed by atoms with Crippen LogP contribution < -0.4 is 5.73 Å². The second-order valence-electron chi connectivity index (χ2n) is 5.33. The van der Waals surface area contributed by atoms with Gasteiger partial charge in [0.15, 0.2) is 4.77 Å². The molecule has 0 saturated carbocycles. The molecule has 1 aromatic heterocycles. The highest BCUT2D eigenvalue weighted by molar-refractivity contribution is 7.71. The Morgan fingerprint density at radius 3 is 2.52 bits per heavy atom. The molecule has 112 valence electrons. The van der Waals surface area contributed by atoms with Crippen LogP contribution in [0.2, 0.25) is 0 Å². The molecule has 21 heavy (non-hydrogen) atoms. The number of benzene rings is 1. The van der Waals surface area contributed by atoms with Gasteiger partial charge in [-0.3, -0.25) is 0 Å². The molecule has 2 aromatic rings. The highest BCUT2D eigenvalue weighted by Crippen LogP contribution is 2.18. The van der Waals surface area contributed by atoms with Crippen molar-refractivity contribution in [3.05, 3.63) is 51.9 Å². The molecule has 0 aliphatic rings. The van der Waals surface area contributed by atoms with Gasteiger partial charge in [0, 0.05) is 11.3 Å². The van der Waals surface area contributed by atoms with Gasteiger partial charge in [-0.05, 0) is 49.9 Å². The van der Waals surface area contributed by atoms with Crippen LogP contribution in [-0.2, 0) is 19.3 Å². The van der Waals surface area contributed by atoms with Gasteiger partial charge in [0.05, 0.1) is 0 Å². The average Bonchev–Trinajstić information content (AvgIpc) is 2.47.